The molecular formula is C13H21NO6. The fraction of sp³-hybridized carbons (Fsp3) is 0.615. The van der Waals surface area contributed by atoms with Crippen molar-refractivity contribution in [3.8, 4) is 0 Å². The fourth-order valence-corrected chi connectivity index (χ4v) is 1.14. The van der Waals surface area contributed by atoms with Crippen LogP contribution in [-0.2, 0) is 19.1 Å². The van der Waals surface area contributed by atoms with Crippen LogP contribution in [0, 0.1) is 0 Å². The minimum atomic E-state index is -1.17. The molecule has 0 aromatic heterocycles. The van der Waals surface area contributed by atoms with E-state index < -0.39 is 29.7 Å². The Hall–Kier alpha value is -2.05. The highest BCUT2D eigenvalue weighted by molar-refractivity contribution is 5.80. The first-order valence-corrected chi connectivity index (χ1v) is 6.12. The molecule has 7 heteroatoms. The van der Waals surface area contributed by atoms with E-state index in [1.54, 1.807) is 20.8 Å². The van der Waals surface area contributed by atoms with Crippen molar-refractivity contribution < 1.29 is 29.0 Å². The van der Waals surface area contributed by atoms with Gasteiger partial charge in [-0.05, 0) is 27.2 Å². The van der Waals surface area contributed by atoms with Gasteiger partial charge in [-0.3, -0.25) is 4.79 Å². The van der Waals surface area contributed by atoms with Gasteiger partial charge in [0.2, 0.25) is 0 Å². The van der Waals surface area contributed by atoms with Gasteiger partial charge < -0.3 is 19.9 Å². The Kier molecular flexibility index (Phi) is 7.35. The molecule has 0 spiro atoms. The lowest BCUT2D eigenvalue weighted by atomic mass is 10.2. The summed E-state index contributed by atoms with van der Waals surface area (Å²) in [7, 11) is 0. The van der Waals surface area contributed by atoms with Crippen LogP contribution >= 0.6 is 0 Å². The third-order valence-electron chi connectivity index (χ3n) is 1.91. The van der Waals surface area contributed by atoms with Crippen molar-refractivity contribution in [1.82, 2.24) is 5.32 Å². The summed E-state index contributed by atoms with van der Waals surface area (Å²) >= 11 is 0. The number of carbonyl (C=O) groups excluding carboxylic acids is 2. The third-order valence-corrected chi connectivity index (χ3v) is 1.91. The van der Waals surface area contributed by atoms with Gasteiger partial charge in [0.05, 0.1) is 0 Å². The molecule has 0 aliphatic rings. The Morgan fingerprint density at radius 3 is 2.30 bits per heavy atom. The number of carboxylic acid groups (broad SMARTS) is 1. The van der Waals surface area contributed by atoms with Crippen molar-refractivity contribution in [3.63, 3.8) is 0 Å². The molecule has 0 bridgehead atoms. The summed E-state index contributed by atoms with van der Waals surface area (Å²) in [4.78, 5) is 32.9. The summed E-state index contributed by atoms with van der Waals surface area (Å²) in [5.74, 6) is -1.59. The van der Waals surface area contributed by atoms with Gasteiger partial charge in [-0.25, -0.2) is 9.59 Å². The van der Waals surface area contributed by atoms with E-state index >= 15 is 0 Å². The molecule has 1 amide bonds. The lowest BCUT2D eigenvalue weighted by Crippen LogP contribution is -2.43. The number of rotatable bonds is 6. The van der Waals surface area contributed by atoms with Crippen LogP contribution in [0.5, 0.6) is 0 Å². The summed E-state index contributed by atoms with van der Waals surface area (Å²) in [6, 6.07) is -1.10. The predicted molar refractivity (Wildman–Crippen MR) is 71.2 cm³/mol. The Morgan fingerprint density at radius 1 is 1.25 bits per heavy atom. The highest BCUT2D eigenvalue weighted by atomic mass is 16.6. The summed E-state index contributed by atoms with van der Waals surface area (Å²) in [5.41, 5.74) is -0.696. The maximum Gasteiger partial charge on any atom is 0.408 e. The van der Waals surface area contributed by atoms with Crippen molar-refractivity contribution in [2.45, 2.75) is 45.8 Å². The zero-order valence-corrected chi connectivity index (χ0v) is 12.1. The zero-order chi connectivity index (χ0) is 15.8. The maximum absolute atomic E-state index is 11.5. The van der Waals surface area contributed by atoms with Gasteiger partial charge in [0.25, 0.3) is 0 Å². The molecular weight excluding hydrogens is 266 g/mol. The number of hydrogen-bond acceptors (Lipinski definition) is 5. The molecule has 0 rings (SSSR count). The highest BCUT2D eigenvalue weighted by Crippen LogP contribution is 2.07. The van der Waals surface area contributed by atoms with E-state index in [1.807, 2.05) is 0 Å². The molecule has 1 atom stereocenters. The van der Waals surface area contributed by atoms with Crippen LogP contribution in [0.15, 0.2) is 12.2 Å². The average Bonchev–Trinajstić information content (AvgIpc) is 2.23. The van der Waals surface area contributed by atoms with E-state index in [0.29, 0.717) is 0 Å². The van der Waals surface area contributed by atoms with Gasteiger partial charge in [0.15, 0.2) is 0 Å². The molecule has 0 aromatic carbocycles. The van der Waals surface area contributed by atoms with Crippen LogP contribution < -0.4 is 5.32 Å². The van der Waals surface area contributed by atoms with Gasteiger partial charge in [-0.15, -0.1) is 0 Å². The molecule has 0 heterocycles. The molecule has 0 saturated carbocycles. The van der Waals surface area contributed by atoms with E-state index in [4.69, 9.17) is 9.84 Å². The second-order valence-corrected chi connectivity index (χ2v) is 5.05. The summed E-state index contributed by atoms with van der Waals surface area (Å²) in [5, 5.41) is 11.2. The number of amides is 1. The lowest BCUT2D eigenvalue weighted by Gasteiger charge is -2.21. The molecule has 0 aromatic rings. The van der Waals surface area contributed by atoms with Crippen LogP contribution in [0.25, 0.3) is 0 Å². The van der Waals surface area contributed by atoms with Crippen molar-refractivity contribution in [1.29, 1.82) is 0 Å². The van der Waals surface area contributed by atoms with Crippen LogP contribution in [0.2, 0.25) is 0 Å². The van der Waals surface area contributed by atoms with Gasteiger partial charge in [0, 0.05) is 6.92 Å². The number of nitrogens with one attached hydrogen (secondary N) is 1. The van der Waals surface area contributed by atoms with Gasteiger partial charge in [0.1, 0.15) is 18.2 Å². The lowest BCUT2D eigenvalue weighted by molar-refractivity contribution is -0.140. The second-order valence-electron chi connectivity index (χ2n) is 5.05. The minimum Gasteiger partial charge on any atom is -0.480 e. The topological polar surface area (TPSA) is 102 Å². The zero-order valence-electron chi connectivity index (χ0n) is 12.1. The standard InChI is InChI=1S/C13H21NO6/c1-9(15)19-8-6-5-7-10(11(16)17)14-12(18)20-13(2,3)4/h5-6,10H,7-8H2,1-4H3,(H,14,18)(H,16,17)/t10-/m0/s1. The monoisotopic (exact) mass is 287 g/mol. The van der Waals surface area contributed by atoms with Crippen LogP contribution in [0.1, 0.15) is 34.1 Å². The van der Waals surface area contributed by atoms with E-state index in [0.717, 1.165) is 0 Å². The van der Waals surface area contributed by atoms with E-state index in [2.05, 4.69) is 10.1 Å². The third kappa shape index (κ3) is 9.93. The molecule has 0 saturated heterocycles. The number of esters is 1. The fourth-order valence-electron chi connectivity index (χ4n) is 1.14. The second kappa shape index (κ2) is 8.19. The van der Waals surface area contributed by atoms with Crippen LogP contribution in [0.4, 0.5) is 4.79 Å². The summed E-state index contributed by atoms with van der Waals surface area (Å²) < 4.78 is 9.62. The summed E-state index contributed by atoms with van der Waals surface area (Å²) in [6.45, 7) is 6.39. The Morgan fingerprint density at radius 2 is 1.85 bits per heavy atom. The minimum absolute atomic E-state index is 0.0636. The number of hydrogen-bond donors (Lipinski definition) is 2. The molecule has 7 nitrogen and oxygen atoms in total. The molecule has 0 aliphatic heterocycles. The Bertz CT molecular complexity index is 383. The predicted octanol–water partition coefficient (Wildman–Crippen LogP) is 1.47. The van der Waals surface area contributed by atoms with Gasteiger partial charge in [-0.2, -0.15) is 0 Å². The number of carbonyl (C=O) groups is 3. The Labute approximate surface area is 117 Å². The Balaban J connectivity index is 4.27. The van der Waals surface area contributed by atoms with E-state index in [-0.39, 0.29) is 13.0 Å². The van der Waals surface area contributed by atoms with Gasteiger partial charge in [-0.1, -0.05) is 12.2 Å². The molecule has 20 heavy (non-hydrogen) atoms. The number of aliphatic carboxylic acids is 1. The van der Waals surface area contributed by atoms with Crippen molar-refractivity contribution in [3.05, 3.63) is 12.2 Å². The van der Waals surface area contributed by atoms with Crippen LogP contribution in [0.3, 0.4) is 0 Å². The van der Waals surface area contributed by atoms with Crippen molar-refractivity contribution in [2.75, 3.05) is 6.61 Å². The number of ether oxygens (including phenoxy) is 2. The highest BCUT2D eigenvalue weighted by Gasteiger charge is 2.22. The first kappa shape index (κ1) is 17.9. The number of carboxylic acids is 1. The SMILES string of the molecule is CC(=O)OCC=CC[C@H](NC(=O)OC(C)(C)C)C(=O)O. The molecule has 2 N–H and O–H groups in total. The van der Waals surface area contributed by atoms with E-state index in [9.17, 15) is 14.4 Å². The number of alkyl carbamates (subject to hydrolysis) is 1. The van der Waals surface area contributed by atoms with Crippen molar-refractivity contribution in [2.24, 2.45) is 0 Å². The maximum atomic E-state index is 11.5. The molecule has 0 radical (unpaired) electrons. The molecule has 0 unspecified atom stereocenters. The van der Waals surface area contributed by atoms with Crippen molar-refractivity contribution >= 4 is 18.0 Å². The van der Waals surface area contributed by atoms with Gasteiger partial charge >= 0.3 is 18.0 Å². The molecule has 0 aliphatic carbocycles. The average molecular weight is 287 g/mol. The van der Waals surface area contributed by atoms with E-state index in [1.165, 1.54) is 19.1 Å². The van der Waals surface area contributed by atoms with Crippen LogP contribution in [-0.4, -0.2) is 41.4 Å². The quantitative estimate of drug-likeness (QED) is 0.566. The molecule has 114 valence electrons. The normalized spacial score (nSPS) is 12.8. The largest absolute Gasteiger partial charge is 0.480 e. The molecule has 0 fully saturated rings. The first-order valence-electron chi connectivity index (χ1n) is 6.12. The summed E-state index contributed by atoms with van der Waals surface area (Å²) in [6.07, 6.45) is 2.29. The first-order chi connectivity index (χ1) is 9.11. The smallest absolute Gasteiger partial charge is 0.408 e.